The second kappa shape index (κ2) is 7.04. The maximum Gasteiger partial charge on any atom is 0.143 e. The summed E-state index contributed by atoms with van der Waals surface area (Å²) in [4.78, 5) is 4.39. The third-order valence-electron chi connectivity index (χ3n) is 3.09. The Morgan fingerprint density at radius 3 is 2.47 bits per heavy atom. The Hall–Kier alpha value is -1.68. The lowest BCUT2D eigenvalue weighted by Crippen LogP contribution is -2.29. The zero-order valence-corrected chi connectivity index (χ0v) is 12.4. The first kappa shape index (κ1) is 15.4. The first-order chi connectivity index (χ1) is 8.99. The molecule has 4 heteroatoms. The van der Waals surface area contributed by atoms with Crippen LogP contribution in [0.1, 0.15) is 5.56 Å². The third kappa shape index (κ3) is 4.17. The largest absolute Gasteiger partial charge is 0.495 e. The van der Waals surface area contributed by atoms with Crippen molar-refractivity contribution in [2.45, 2.75) is 6.42 Å². The standard InChI is InChI=1S/C15H25N3O/c1-6-7-12-10-13(16)15(19-5)11-14(12)18(4)9-8-17(2)3/h6,10-11H,1,7-9,16H2,2-5H3. The number of anilines is 2. The number of nitrogens with two attached hydrogens (primary N) is 1. The number of allylic oxidation sites excluding steroid dienone is 1. The van der Waals surface area contributed by atoms with Crippen molar-refractivity contribution in [3.05, 3.63) is 30.4 Å². The molecule has 1 aromatic carbocycles. The van der Waals surface area contributed by atoms with Crippen LogP contribution in [0, 0.1) is 0 Å². The number of likely N-dealkylation sites (N-methyl/N-ethyl adjacent to an activating group) is 2. The van der Waals surface area contributed by atoms with Gasteiger partial charge in [-0.15, -0.1) is 6.58 Å². The summed E-state index contributed by atoms with van der Waals surface area (Å²) in [6, 6.07) is 3.98. The summed E-state index contributed by atoms with van der Waals surface area (Å²) < 4.78 is 5.31. The van der Waals surface area contributed by atoms with Gasteiger partial charge in [-0.3, -0.25) is 0 Å². The molecule has 0 aliphatic heterocycles. The predicted octanol–water partition coefficient (Wildman–Crippen LogP) is 2.00. The molecule has 0 saturated heterocycles. The van der Waals surface area contributed by atoms with Crippen LogP contribution in [0.15, 0.2) is 24.8 Å². The van der Waals surface area contributed by atoms with Gasteiger partial charge in [0.25, 0.3) is 0 Å². The fourth-order valence-electron chi connectivity index (χ4n) is 1.95. The molecule has 0 radical (unpaired) electrons. The van der Waals surface area contributed by atoms with Crippen LogP contribution in [0.3, 0.4) is 0 Å². The van der Waals surface area contributed by atoms with Crippen LogP contribution in [0.4, 0.5) is 11.4 Å². The number of methoxy groups -OCH3 is 1. The van der Waals surface area contributed by atoms with Crippen molar-refractivity contribution in [3.8, 4) is 5.75 Å². The van der Waals surface area contributed by atoms with Crippen LogP contribution in [0.2, 0.25) is 0 Å². The van der Waals surface area contributed by atoms with Crippen molar-refractivity contribution in [3.63, 3.8) is 0 Å². The van der Waals surface area contributed by atoms with Gasteiger partial charge >= 0.3 is 0 Å². The van der Waals surface area contributed by atoms with Crippen molar-refractivity contribution in [1.82, 2.24) is 4.90 Å². The van der Waals surface area contributed by atoms with E-state index in [2.05, 4.69) is 37.5 Å². The normalized spacial score (nSPS) is 10.6. The van der Waals surface area contributed by atoms with E-state index in [1.54, 1.807) is 7.11 Å². The fraction of sp³-hybridized carbons (Fsp3) is 0.467. The van der Waals surface area contributed by atoms with Gasteiger partial charge in [-0.1, -0.05) is 6.08 Å². The first-order valence-corrected chi connectivity index (χ1v) is 6.42. The number of benzene rings is 1. The summed E-state index contributed by atoms with van der Waals surface area (Å²) in [7, 11) is 7.87. The topological polar surface area (TPSA) is 41.7 Å². The van der Waals surface area contributed by atoms with Gasteiger partial charge in [-0.25, -0.2) is 0 Å². The Bertz CT molecular complexity index is 430. The van der Waals surface area contributed by atoms with Gasteiger partial charge in [0.1, 0.15) is 5.75 Å². The number of hydrogen-bond donors (Lipinski definition) is 1. The molecule has 106 valence electrons. The minimum absolute atomic E-state index is 0.670. The molecule has 0 unspecified atom stereocenters. The lowest BCUT2D eigenvalue weighted by molar-refractivity contribution is 0.413. The van der Waals surface area contributed by atoms with E-state index in [0.29, 0.717) is 5.69 Å². The van der Waals surface area contributed by atoms with E-state index >= 15 is 0 Å². The number of hydrogen-bond acceptors (Lipinski definition) is 4. The highest BCUT2D eigenvalue weighted by molar-refractivity contribution is 5.67. The Labute approximate surface area is 116 Å². The molecule has 0 fully saturated rings. The van der Waals surface area contributed by atoms with E-state index in [9.17, 15) is 0 Å². The van der Waals surface area contributed by atoms with Gasteiger partial charge in [-0.05, 0) is 32.1 Å². The Balaban J connectivity index is 3.03. The van der Waals surface area contributed by atoms with Crippen LogP contribution in [0.25, 0.3) is 0 Å². The van der Waals surface area contributed by atoms with Gasteiger partial charge < -0.3 is 20.3 Å². The fourth-order valence-corrected chi connectivity index (χ4v) is 1.95. The third-order valence-corrected chi connectivity index (χ3v) is 3.09. The van der Waals surface area contributed by atoms with Crippen LogP contribution >= 0.6 is 0 Å². The van der Waals surface area contributed by atoms with E-state index in [-0.39, 0.29) is 0 Å². The second-order valence-corrected chi connectivity index (χ2v) is 4.94. The highest BCUT2D eigenvalue weighted by Crippen LogP contribution is 2.31. The average molecular weight is 263 g/mol. The maximum atomic E-state index is 5.97. The van der Waals surface area contributed by atoms with E-state index in [0.717, 1.165) is 30.9 Å². The van der Waals surface area contributed by atoms with Crippen molar-refractivity contribution in [2.75, 3.05) is 52.0 Å². The van der Waals surface area contributed by atoms with Crippen LogP contribution in [-0.2, 0) is 6.42 Å². The molecule has 1 aromatic rings. The van der Waals surface area contributed by atoms with Crippen LogP contribution < -0.4 is 15.4 Å². The molecular weight excluding hydrogens is 238 g/mol. The molecule has 2 N–H and O–H groups in total. The predicted molar refractivity (Wildman–Crippen MR) is 83.1 cm³/mol. The lowest BCUT2D eigenvalue weighted by atomic mass is 10.1. The van der Waals surface area contributed by atoms with E-state index in [1.165, 1.54) is 5.56 Å². The Morgan fingerprint density at radius 1 is 1.26 bits per heavy atom. The van der Waals surface area contributed by atoms with E-state index in [1.807, 2.05) is 18.2 Å². The average Bonchev–Trinajstić information content (AvgIpc) is 2.36. The van der Waals surface area contributed by atoms with Gasteiger partial charge in [-0.2, -0.15) is 0 Å². The number of nitrogen functional groups attached to an aromatic ring is 1. The summed E-state index contributed by atoms with van der Waals surface area (Å²) >= 11 is 0. The molecule has 0 atom stereocenters. The van der Waals surface area contributed by atoms with Crippen molar-refractivity contribution >= 4 is 11.4 Å². The summed E-state index contributed by atoms with van der Waals surface area (Å²) in [5, 5.41) is 0. The highest BCUT2D eigenvalue weighted by atomic mass is 16.5. The molecule has 19 heavy (non-hydrogen) atoms. The van der Waals surface area contributed by atoms with Gasteiger partial charge in [0.05, 0.1) is 12.8 Å². The van der Waals surface area contributed by atoms with Gasteiger partial charge in [0.15, 0.2) is 0 Å². The molecule has 0 spiro atoms. The number of nitrogens with zero attached hydrogens (tertiary/aromatic N) is 2. The zero-order chi connectivity index (χ0) is 14.4. The molecule has 0 saturated carbocycles. The number of ether oxygens (including phenoxy) is 1. The molecular formula is C15H25N3O. The van der Waals surface area contributed by atoms with Crippen LogP contribution in [-0.4, -0.2) is 46.2 Å². The Morgan fingerprint density at radius 2 is 1.95 bits per heavy atom. The molecule has 1 rings (SSSR count). The smallest absolute Gasteiger partial charge is 0.143 e. The summed E-state index contributed by atoms with van der Waals surface area (Å²) in [5.74, 6) is 0.722. The molecule has 4 nitrogen and oxygen atoms in total. The molecule has 0 heterocycles. The molecule has 0 amide bonds. The number of rotatable bonds is 7. The van der Waals surface area contributed by atoms with Gasteiger partial charge in [0, 0.05) is 31.9 Å². The van der Waals surface area contributed by atoms with Crippen molar-refractivity contribution < 1.29 is 4.74 Å². The van der Waals surface area contributed by atoms with Crippen molar-refractivity contribution in [2.24, 2.45) is 0 Å². The summed E-state index contributed by atoms with van der Waals surface area (Å²) in [5.41, 5.74) is 8.96. The van der Waals surface area contributed by atoms with E-state index in [4.69, 9.17) is 10.5 Å². The highest BCUT2D eigenvalue weighted by Gasteiger charge is 2.11. The molecule has 0 aromatic heterocycles. The summed E-state index contributed by atoms with van der Waals surface area (Å²) in [6.07, 6.45) is 2.69. The van der Waals surface area contributed by atoms with Gasteiger partial charge in [0.2, 0.25) is 0 Å². The molecule has 0 aliphatic carbocycles. The Kier molecular flexibility index (Phi) is 5.70. The monoisotopic (exact) mass is 263 g/mol. The first-order valence-electron chi connectivity index (χ1n) is 6.42. The SMILES string of the molecule is C=CCc1cc(N)c(OC)cc1N(C)CCN(C)C. The minimum atomic E-state index is 0.670. The quantitative estimate of drug-likeness (QED) is 0.603. The zero-order valence-electron chi connectivity index (χ0n) is 12.4. The molecule has 0 aliphatic rings. The van der Waals surface area contributed by atoms with Crippen molar-refractivity contribution in [1.29, 1.82) is 0 Å². The minimum Gasteiger partial charge on any atom is -0.495 e. The summed E-state index contributed by atoms with van der Waals surface area (Å²) in [6.45, 7) is 5.75. The van der Waals surface area contributed by atoms with Crippen LogP contribution in [0.5, 0.6) is 5.75 Å². The maximum absolute atomic E-state index is 5.97. The van der Waals surface area contributed by atoms with E-state index < -0.39 is 0 Å². The molecule has 0 bridgehead atoms. The second-order valence-electron chi connectivity index (χ2n) is 4.94. The lowest BCUT2D eigenvalue weighted by Gasteiger charge is -2.25.